The Morgan fingerprint density at radius 1 is 1.22 bits per heavy atom. The van der Waals surface area contributed by atoms with Gasteiger partial charge in [-0.2, -0.15) is 5.26 Å². The molecule has 0 amide bonds. The highest BCUT2D eigenvalue weighted by Gasteiger charge is 2.17. The van der Waals surface area contributed by atoms with E-state index in [1.807, 2.05) is 37.3 Å². The highest BCUT2D eigenvalue weighted by molar-refractivity contribution is 6.19. The summed E-state index contributed by atoms with van der Waals surface area (Å²) < 4.78 is 11.0. The molecule has 5 nitrogen and oxygen atoms in total. The fraction of sp³-hybridized carbons (Fsp3) is 0.182. The molecule has 0 unspecified atom stereocenters. The van der Waals surface area contributed by atoms with Crippen molar-refractivity contribution >= 4 is 22.8 Å². The Bertz CT molecular complexity index is 1040. The number of hydrogen-bond donors (Lipinski definition) is 1. The summed E-state index contributed by atoms with van der Waals surface area (Å²) in [5, 5.41) is 10.3. The van der Waals surface area contributed by atoms with Crippen LogP contribution in [0.3, 0.4) is 0 Å². The molecule has 3 rings (SSSR count). The first-order valence-electron chi connectivity index (χ1n) is 8.71. The van der Waals surface area contributed by atoms with Crippen molar-refractivity contribution in [2.24, 2.45) is 0 Å². The topological polar surface area (TPSA) is 75.1 Å². The fourth-order valence-corrected chi connectivity index (χ4v) is 2.82. The van der Waals surface area contributed by atoms with Gasteiger partial charge in [-0.1, -0.05) is 31.2 Å². The van der Waals surface area contributed by atoms with Gasteiger partial charge in [0, 0.05) is 22.7 Å². The van der Waals surface area contributed by atoms with Crippen molar-refractivity contribution in [1.29, 1.82) is 5.26 Å². The number of fused-ring (bicyclic) bond motifs is 1. The summed E-state index contributed by atoms with van der Waals surface area (Å²) in [6, 6.07) is 14.9. The number of benzene rings is 2. The van der Waals surface area contributed by atoms with Gasteiger partial charge in [0.25, 0.3) is 0 Å². The van der Waals surface area contributed by atoms with E-state index in [2.05, 4.69) is 4.98 Å². The second-order valence-electron chi connectivity index (χ2n) is 6.01. The number of ether oxygens (including phenoxy) is 2. The van der Waals surface area contributed by atoms with E-state index in [0.717, 1.165) is 17.3 Å². The summed E-state index contributed by atoms with van der Waals surface area (Å²) in [6.07, 6.45) is 4.10. The van der Waals surface area contributed by atoms with Gasteiger partial charge in [-0.25, -0.2) is 0 Å². The third kappa shape index (κ3) is 3.85. The van der Waals surface area contributed by atoms with Gasteiger partial charge in [-0.15, -0.1) is 0 Å². The summed E-state index contributed by atoms with van der Waals surface area (Å²) in [6.45, 7) is 2.62. The Kier molecular flexibility index (Phi) is 5.58. The van der Waals surface area contributed by atoms with E-state index in [1.165, 1.54) is 0 Å². The highest BCUT2D eigenvalue weighted by Crippen LogP contribution is 2.29. The molecule has 3 aromatic rings. The molecule has 0 radical (unpaired) electrons. The minimum Gasteiger partial charge on any atom is -0.493 e. The van der Waals surface area contributed by atoms with Gasteiger partial charge in [-0.05, 0) is 36.3 Å². The number of carbonyl (C=O) groups excluding carboxylic acids is 1. The summed E-state index contributed by atoms with van der Waals surface area (Å²) in [5.41, 5.74) is 2.09. The first-order chi connectivity index (χ1) is 13.2. The minimum absolute atomic E-state index is 0.0593. The molecule has 1 aromatic heterocycles. The molecule has 136 valence electrons. The first kappa shape index (κ1) is 18.3. The first-order valence-corrected chi connectivity index (χ1v) is 8.71. The van der Waals surface area contributed by atoms with Gasteiger partial charge in [0.1, 0.15) is 11.6 Å². The SMILES string of the molecule is CCCOc1ccc(/C=C(\C#N)C(=O)c2c[nH]c3ccccc23)cc1OC. The highest BCUT2D eigenvalue weighted by atomic mass is 16.5. The summed E-state index contributed by atoms with van der Waals surface area (Å²) in [7, 11) is 1.56. The Balaban J connectivity index is 1.94. The number of hydrogen-bond acceptors (Lipinski definition) is 4. The van der Waals surface area contributed by atoms with E-state index in [1.54, 1.807) is 37.6 Å². The normalized spacial score (nSPS) is 11.2. The second-order valence-corrected chi connectivity index (χ2v) is 6.01. The Morgan fingerprint density at radius 3 is 2.78 bits per heavy atom. The molecule has 5 heteroatoms. The Labute approximate surface area is 157 Å². The van der Waals surface area contributed by atoms with Crippen molar-refractivity contribution in [1.82, 2.24) is 4.98 Å². The number of rotatable bonds is 7. The lowest BCUT2D eigenvalue weighted by Crippen LogP contribution is -2.01. The number of H-pyrrole nitrogens is 1. The summed E-state index contributed by atoms with van der Waals surface area (Å²) in [5.74, 6) is 0.882. The average Bonchev–Trinajstić information content (AvgIpc) is 3.14. The number of aromatic amines is 1. The zero-order chi connectivity index (χ0) is 19.2. The number of methoxy groups -OCH3 is 1. The minimum atomic E-state index is -0.319. The van der Waals surface area contributed by atoms with Gasteiger partial charge < -0.3 is 14.5 Å². The molecule has 1 N–H and O–H groups in total. The molecule has 0 aliphatic heterocycles. The smallest absolute Gasteiger partial charge is 0.205 e. The van der Waals surface area contributed by atoms with Crippen LogP contribution in [0.2, 0.25) is 0 Å². The number of allylic oxidation sites excluding steroid dienone is 1. The molecule has 0 atom stereocenters. The number of nitriles is 1. The maximum atomic E-state index is 12.9. The quantitative estimate of drug-likeness (QED) is 0.375. The Hall–Kier alpha value is -3.52. The molecule has 0 fully saturated rings. The molecule has 27 heavy (non-hydrogen) atoms. The van der Waals surface area contributed by atoms with E-state index in [0.29, 0.717) is 29.2 Å². The lowest BCUT2D eigenvalue weighted by Gasteiger charge is -2.10. The second kappa shape index (κ2) is 8.24. The van der Waals surface area contributed by atoms with Crippen LogP contribution in [0.5, 0.6) is 11.5 Å². The monoisotopic (exact) mass is 360 g/mol. The molecule has 0 bridgehead atoms. The summed E-state index contributed by atoms with van der Waals surface area (Å²) in [4.78, 5) is 15.9. The maximum absolute atomic E-state index is 12.9. The van der Waals surface area contributed by atoms with E-state index in [9.17, 15) is 10.1 Å². The van der Waals surface area contributed by atoms with Crippen LogP contribution in [-0.4, -0.2) is 24.5 Å². The van der Waals surface area contributed by atoms with Gasteiger partial charge in [0.2, 0.25) is 5.78 Å². The van der Waals surface area contributed by atoms with E-state index >= 15 is 0 Å². The van der Waals surface area contributed by atoms with Gasteiger partial charge in [0.05, 0.1) is 13.7 Å². The average molecular weight is 360 g/mol. The molecule has 0 saturated heterocycles. The predicted octanol–water partition coefficient (Wildman–Crippen LogP) is 4.76. The zero-order valence-corrected chi connectivity index (χ0v) is 15.3. The molecular weight excluding hydrogens is 340 g/mol. The van der Waals surface area contributed by atoms with Crippen LogP contribution in [0.4, 0.5) is 0 Å². The van der Waals surface area contributed by atoms with E-state index in [4.69, 9.17) is 9.47 Å². The van der Waals surface area contributed by atoms with Crippen molar-refractivity contribution in [3.8, 4) is 17.6 Å². The van der Waals surface area contributed by atoms with Crippen LogP contribution in [0.25, 0.3) is 17.0 Å². The van der Waals surface area contributed by atoms with Gasteiger partial charge >= 0.3 is 0 Å². The van der Waals surface area contributed by atoms with Crippen LogP contribution in [0.1, 0.15) is 29.3 Å². The predicted molar refractivity (Wildman–Crippen MR) is 105 cm³/mol. The van der Waals surface area contributed by atoms with Crippen LogP contribution in [-0.2, 0) is 0 Å². The van der Waals surface area contributed by atoms with Crippen molar-refractivity contribution < 1.29 is 14.3 Å². The standard InChI is InChI=1S/C22H20N2O3/c1-3-10-27-20-9-8-15(12-21(20)26-2)11-16(13-23)22(25)18-14-24-19-7-5-4-6-17(18)19/h4-9,11-12,14,24H,3,10H2,1-2H3/b16-11+. The number of ketones is 1. The van der Waals surface area contributed by atoms with Crippen molar-refractivity contribution in [3.63, 3.8) is 0 Å². The van der Waals surface area contributed by atoms with Crippen molar-refractivity contribution in [2.75, 3.05) is 13.7 Å². The number of nitrogens with one attached hydrogen (secondary N) is 1. The lowest BCUT2D eigenvalue weighted by molar-refractivity contribution is 0.104. The molecule has 1 heterocycles. The Morgan fingerprint density at radius 2 is 2.04 bits per heavy atom. The van der Waals surface area contributed by atoms with Crippen LogP contribution >= 0.6 is 0 Å². The number of para-hydroxylation sites is 1. The number of aromatic nitrogens is 1. The van der Waals surface area contributed by atoms with Gasteiger partial charge in [0.15, 0.2) is 11.5 Å². The third-order valence-electron chi connectivity index (χ3n) is 4.16. The summed E-state index contributed by atoms with van der Waals surface area (Å²) >= 11 is 0. The van der Waals surface area contributed by atoms with Crippen molar-refractivity contribution in [2.45, 2.75) is 13.3 Å². The van der Waals surface area contributed by atoms with E-state index in [-0.39, 0.29) is 11.4 Å². The molecular formula is C22H20N2O3. The zero-order valence-electron chi connectivity index (χ0n) is 15.3. The van der Waals surface area contributed by atoms with E-state index < -0.39 is 0 Å². The molecule has 0 aliphatic carbocycles. The molecule has 0 saturated carbocycles. The fourth-order valence-electron chi connectivity index (χ4n) is 2.82. The van der Waals surface area contributed by atoms with Crippen LogP contribution in [0, 0.1) is 11.3 Å². The number of Topliss-reactive ketones (excluding diaryl/α,β-unsaturated/α-hetero) is 1. The van der Waals surface area contributed by atoms with Crippen molar-refractivity contribution in [3.05, 3.63) is 65.4 Å². The molecule has 0 aliphatic rings. The molecule has 0 spiro atoms. The lowest BCUT2D eigenvalue weighted by atomic mass is 10.0. The van der Waals surface area contributed by atoms with Gasteiger partial charge in [-0.3, -0.25) is 4.79 Å². The van der Waals surface area contributed by atoms with Crippen LogP contribution in [0.15, 0.2) is 54.2 Å². The molecule has 2 aromatic carbocycles. The number of nitrogens with zero attached hydrogens (tertiary/aromatic N) is 1. The number of carbonyl (C=O) groups is 1. The van der Waals surface area contributed by atoms with Crippen LogP contribution < -0.4 is 9.47 Å². The largest absolute Gasteiger partial charge is 0.493 e. The third-order valence-corrected chi connectivity index (χ3v) is 4.16. The maximum Gasteiger partial charge on any atom is 0.205 e.